The summed E-state index contributed by atoms with van der Waals surface area (Å²) in [5, 5.41) is 0. The third-order valence-corrected chi connectivity index (χ3v) is 4.27. The van der Waals surface area contributed by atoms with Crippen molar-refractivity contribution in [3.8, 4) is 0 Å². The van der Waals surface area contributed by atoms with Crippen LogP contribution in [0.1, 0.15) is 22.1 Å². The van der Waals surface area contributed by atoms with Crippen molar-refractivity contribution in [3.63, 3.8) is 0 Å². The van der Waals surface area contributed by atoms with E-state index in [2.05, 4.69) is 48.1 Å². The second-order valence-corrected chi connectivity index (χ2v) is 5.84. The van der Waals surface area contributed by atoms with E-state index in [0.29, 0.717) is 12.5 Å². The predicted molar refractivity (Wildman–Crippen MR) is 81.4 cm³/mol. The normalized spacial score (nSPS) is 12.8. The number of rotatable bonds is 6. The predicted octanol–water partition coefficient (Wildman–Crippen LogP) is 2.63. The second-order valence-electron chi connectivity index (χ2n) is 4.90. The standard InChI is InChI=1S/C15H21N3S/c1-12-15(19-11-17-12)10-18(2)9-14(8-16)13-6-4-3-5-7-13/h3-7,11,14H,8-10,16H2,1-2H3. The van der Waals surface area contributed by atoms with Crippen LogP contribution in [0.2, 0.25) is 0 Å². The first kappa shape index (κ1) is 14.2. The summed E-state index contributed by atoms with van der Waals surface area (Å²) < 4.78 is 0. The van der Waals surface area contributed by atoms with Gasteiger partial charge in [0.15, 0.2) is 0 Å². The topological polar surface area (TPSA) is 42.2 Å². The summed E-state index contributed by atoms with van der Waals surface area (Å²) in [5.41, 5.74) is 10.3. The first-order valence-corrected chi connectivity index (χ1v) is 7.41. The Morgan fingerprint density at radius 3 is 2.63 bits per heavy atom. The number of thiazole rings is 1. The lowest BCUT2D eigenvalue weighted by Crippen LogP contribution is -2.28. The van der Waals surface area contributed by atoms with Crippen LogP contribution in [0.25, 0.3) is 0 Å². The molecule has 0 spiro atoms. The molecule has 3 nitrogen and oxygen atoms in total. The van der Waals surface area contributed by atoms with Crippen molar-refractivity contribution in [2.45, 2.75) is 19.4 Å². The monoisotopic (exact) mass is 275 g/mol. The van der Waals surface area contributed by atoms with Gasteiger partial charge in [-0.25, -0.2) is 4.98 Å². The number of likely N-dealkylation sites (N-methyl/N-ethyl adjacent to an activating group) is 1. The molecule has 2 aromatic rings. The van der Waals surface area contributed by atoms with E-state index in [-0.39, 0.29) is 0 Å². The fourth-order valence-corrected chi connectivity index (χ4v) is 3.06. The van der Waals surface area contributed by atoms with Crippen molar-refractivity contribution in [3.05, 3.63) is 52.0 Å². The Morgan fingerprint density at radius 1 is 1.32 bits per heavy atom. The first-order valence-electron chi connectivity index (χ1n) is 6.53. The fraction of sp³-hybridized carbons (Fsp3) is 0.400. The molecule has 1 atom stereocenters. The molecule has 0 aliphatic heterocycles. The Morgan fingerprint density at radius 2 is 2.05 bits per heavy atom. The highest BCUT2D eigenvalue weighted by atomic mass is 32.1. The molecule has 1 aromatic carbocycles. The maximum atomic E-state index is 5.92. The summed E-state index contributed by atoms with van der Waals surface area (Å²) in [7, 11) is 2.14. The zero-order valence-electron chi connectivity index (χ0n) is 11.5. The smallest absolute Gasteiger partial charge is 0.0798 e. The Labute approximate surface area is 119 Å². The van der Waals surface area contributed by atoms with Crippen LogP contribution in [0.15, 0.2) is 35.8 Å². The van der Waals surface area contributed by atoms with Gasteiger partial charge in [0.1, 0.15) is 0 Å². The van der Waals surface area contributed by atoms with E-state index < -0.39 is 0 Å². The molecule has 0 radical (unpaired) electrons. The van der Waals surface area contributed by atoms with Gasteiger partial charge in [-0.2, -0.15) is 0 Å². The van der Waals surface area contributed by atoms with Crippen LogP contribution < -0.4 is 5.73 Å². The molecule has 1 heterocycles. The van der Waals surface area contributed by atoms with Gasteiger partial charge in [0.2, 0.25) is 0 Å². The molecule has 0 amide bonds. The highest BCUT2D eigenvalue weighted by Crippen LogP contribution is 2.18. The molecule has 1 unspecified atom stereocenters. The third kappa shape index (κ3) is 3.86. The lowest BCUT2D eigenvalue weighted by atomic mass is 9.99. The molecule has 0 saturated carbocycles. The molecule has 2 N–H and O–H groups in total. The highest BCUT2D eigenvalue weighted by Gasteiger charge is 2.13. The minimum absolute atomic E-state index is 0.388. The van der Waals surface area contributed by atoms with E-state index in [1.165, 1.54) is 10.4 Å². The van der Waals surface area contributed by atoms with Gasteiger partial charge in [-0.15, -0.1) is 11.3 Å². The van der Waals surface area contributed by atoms with Crippen LogP contribution >= 0.6 is 11.3 Å². The number of nitrogens with zero attached hydrogens (tertiary/aromatic N) is 2. The Hall–Kier alpha value is -1.23. The molecule has 102 valence electrons. The Bertz CT molecular complexity index is 495. The van der Waals surface area contributed by atoms with E-state index in [0.717, 1.165) is 18.8 Å². The van der Waals surface area contributed by atoms with Gasteiger partial charge >= 0.3 is 0 Å². The summed E-state index contributed by atoms with van der Waals surface area (Å²) in [4.78, 5) is 7.96. The Kier molecular flexibility index (Phi) is 5.07. The molecule has 19 heavy (non-hydrogen) atoms. The zero-order valence-corrected chi connectivity index (χ0v) is 12.4. The molecule has 0 saturated heterocycles. The number of hydrogen-bond donors (Lipinski definition) is 1. The van der Waals surface area contributed by atoms with E-state index in [1.807, 2.05) is 11.6 Å². The van der Waals surface area contributed by atoms with Crippen LogP contribution in [0.5, 0.6) is 0 Å². The number of hydrogen-bond acceptors (Lipinski definition) is 4. The van der Waals surface area contributed by atoms with Crippen LogP contribution in [0.4, 0.5) is 0 Å². The summed E-state index contributed by atoms with van der Waals surface area (Å²) in [6.07, 6.45) is 0. The molecule has 0 aliphatic carbocycles. The zero-order chi connectivity index (χ0) is 13.7. The molecule has 2 rings (SSSR count). The van der Waals surface area contributed by atoms with Crippen molar-refractivity contribution < 1.29 is 0 Å². The number of nitrogens with two attached hydrogens (primary N) is 1. The average molecular weight is 275 g/mol. The summed E-state index contributed by atoms with van der Waals surface area (Å²) >= 11 is 1.72. The molecule has 0 bridgehead atoms. The number of aromatic nitrogens is 1. The molecule has 0 fully saturated rings. The van der Waals surface area contributed by atoms with E-state index in [9.17, 15) is 0 Å². The number of aryl methyl sites for hydroxylation is 1. The maximum Gasteiger partial charge on any atom is 0.0798 e. The average Bonchev–Trinajstić information content (AvgIpc) is 2.82. The van der Waals surface area contributed by atoms with Crippen molar-refractivity contribution >= 4 is 11.3 Å². The lowest BCUT2D eigenvalue weighted by molar-refractivity contribution is 0.306. The minimum atomic E-state index is 0.388. The van der Waals surface area contributed by atoms with Crippen molar-refractivity contribution in [1.82, 2.24) is 9.88 Å². The Balaban J connectivity index is 1.97. The van der Waals surface area contributed by atoms with E-state index in [1.54, 1.807) is 11.3 Å². The molecule has 1 aromatic heterocycles. The quantitative estimate of drug-likeness (QED) is 0.881. The van der Waals surface area contributed by atoms with Crippen molar-refractivity contribution in [1.29, 1.82) is 0 Å². The van der Waals surface area contributed by atoms with Gasteiger partial charge < -0.3 is 10.6 Å². The van der Waals surface area contributed by atoms with Crippen LogP contribution in [0.3, 0.4) is 0 Å². The first-order chi connectivity index (χ1) is 9.20. The van der Waals surface area contributed by atoms with Gasteiger partial charge in [0, 0.05) is 30.4 Å². The molecular formula is C15H21N3S. The fourth-order valence-electron chi connectivity index (χ4n) is 2.21. The second kappa shape index (κ2) is 6.80. The third-order valence-electron chi connectivity index (χ3n) is 3.35. The summed E-state index contributed by atoms with van der Waals surface area (Å²) in [6, 6.07) is 10.5. The van der Waals surface area contributed by atoms with Gasteiger partial charge in [0.25, 0.3) is 0 Å². The van der Waals surface area contributed by atoms with Gasteiger partial charge in [-0.1, -0.05) is 30.3 Å². The van der Waals surface area contributed by atoms with Crippen molar-refractivity contribution in [2.24, 2.45) is 5.73 Å². The van der Waals surface area contributed by atoms with Crippen LogP contribution in [-0.4, -0.2) is 30.0 Å². The minimum Gasteiger partial charge on any atom is -0.330 e. The van der Waals surface area contributed by atoms with E-state index in [4.69, 9.17) is 5.73 Å². The van der Waals surface area contributed by atoms with Gasteiger partial charge in [0.05, 0.1) is 11.2 Å². The van der Waals surface area contributed by atoms with E-state index >= 15 is 0 Å². The molecular weight excluding hydrogens is 254 g/mol. The number of benzene rings is 1. The van der Waals surface area contributed by atoms with Gasteiger partial charge in [-0.05, 0) is 19.5 Å². The molecule has 0 aliphatic rings. The molecule has 4 heteroatoms. The maximum absolute atomic E-state index is 5.92. The van der Waals surface area contributed by atoms with Crippen LogP contribution in [-0.2, 0) is 6.54 Å². The highest BCUT2D eigenvalue weighted by molar-refractivity contribution is 7.09. The van der Waals surface area contributed by atoms with Crippen molar-refractivity contribution in [2.75, 3.05) is 20.1 Å². The largest absolute Gasteiger partial charge is 0.330 e. The lowest BCUT2D eigenvalue weighted by Gasteiger charge is -2.23. The summed E-state index contributed by atoms with van der Waals surface area (Å²) in [6.45, 7) is 4.66. The van der Waals surface area contributed by atoms with Gasteiger partial charge in [-0.3, -0.25) is 0 Å². The summed E-state index contributed by atoms with van der Waals surface area (Å²) in [5.74, 6) is 0.388. The van der Waals surface area contributed by atoms with Crippen LogP contribution in [0, 0.1) is 6.92 Å². The SMILES string of the molecule is Cc1ncsc1CN(C)CC(CN)c1ccccc1.